The van der Waals surface area contributed by atoms with Crippen molar-refractivity contribution in [3.8, 4) is 0 Å². The van der Waals surface area contributed by atoms with E-state index < -0.39 is 0 Å². The highest BCUT2D eigenvalue weighted by atomic mass is 32.1. The predicted octanol–water partition coefficient (Wildman–Crippen LogP) is 2.26. The van der Waals surface area contributed by atoms with E-state index in [1.807, 2.05) is 11.4 Å². The molecule has 1 atom stereocenters. The molecule has 2 N–H and O–H groups in total. The zero-order valence-electron chi connectivity index (χ0n) is 9.18. The molecule has 0 aliphatic carbocycles. The first-order valence-electron chi connectivity index (χ1n) is 5.40. The maximum Gasteiger partial charge on any atom is 0.147 e. The lowest BCUT2D eigenvalue weighted by molar-refractivity contribution is 0.278. The maximum absolute atomic E-state index is 8.95. The lowest BCUT2D eigenvalue weighted by Gasteiger charge is -2.16. The number of aliphatic hydroxyl groups is 1. The number of rotatable bonds is 5. The molecule has 1 unspecified atom stereocenters. The van der Waals surface area contributed by atoms with Crippen LogP contribution in [0, 0.1) is 0 Å². The zero-order chi connectivity index (χ0) is 11.4. The fourth-order valence-corrected chi connectivity index (χ4v) is 2.42. The highest BCUT2D eigenvalue weighted by molar-refractivity contribution is 7.17. The number of nitrogens with zero attached hydrogens (tertiary/aromatic N) is 2. The Kier molecular flexibility index (Phi) is 3.69. The van der Waals surface area contributed by atoms with Crippen LogP contribution >= 0.6 is 11.3 Å². The molecule has 4 nitrogen and oxygen atoms in total. The minimum Gasteiger partial charge on any atom is -0.396 e. The van der Waals surface area contributed by atoms with Gasteiger partial charge in [-0.2, -0.15) is 0 Å². The molecule has 0 aromatic carbocycles. The van der Waals surface area contributed by atoms with Gasteiger partial charge >= 0.3 is 0 Å². The van der Waals surface area contributed by atoms with Crippen LogP contribution in [0.5, 0.6) is 0 Å². The van der Waals surface area contributed by atoms with Crippen molar-refractivity contribution >= 4 is 27.4 Å². The zero-order valence-corrected chi connectivity index (χ0v) is 10.00. The van der Waals surface area contributed by atoms with Crippen molar-refractivity contribution in [1.82, 2.24) is 9.97 Å². The number of aromatic nitrogens is 2. The van der Waals surface area contributed by atoms with Crippen LogP contribution in [-0.2, 0) is 0 Å². The lowest BCUT2D eigenvalue weighted by Crippen LogP contribution is -2.20. The van der Waals surface area contributed by atoms with Crippen molar-refractivity contribution in [2.24, 2.45) is 0 Å². The number of hydrogen-bond donors (Lipinski definition) is 2. The van der Waals surface area contributed by atoms with Crippen LogP contribution in [0.4, 0.5) is 5.82 Å². The number of anilines is 1. The summed E-state index contributed by atoms with van der Waals surface area (Å²) < 4.78 is 1.08. The van der Waals surface area contributed by atoms with Crippen LogP contribution in [0.3, 0.4) is 0 Å². The molecule has 0 spiro atoms. The van der Waals surface area contributed by atoms with E-state index in [4.69, 9.17) is 5.11 Å². The molecule has 2 aromatic heterocycles. The van der Waals surface area contributed by atoms with Crippen LogP contribution in [0.15, 0.2) is 17.8 Å². The number of aliphatic hydroxyl groups excluding tert-OH is 1. The first-order chi connectivity index (χ1) is 7.85. The molecular formula is C11H15N3OS. The molecule has 86 valence electrons. The summed E-state index contributed by atoms with van der Waals surface area (Å²) in [6.45, 7) is 2.30. The van der Waals surface area contributed by atoms with Gasteiger partial charge in [-0.1, -0.05) is 6.92 Å². The number of fused-ring (bicyclic) bond motifs is 1. The van der Waals surface area contributed by atoms with Gasteiger partial charge in [-0.3, -0.25) is 0 Å². The Morgan fingerprint density at radius 2 is 2.38 bits per heavy atom. The largest absolute Gasteiger partial charge is 0.396 e. The van der Waals surface area contributed by atoms with E-state index in [9.17, 15) is 0 Å². The average molecular weight is 237 g/mol. The van der Waals surface area contributed by atoms with Gasteiger partial charge in [0.15, 0.2) is 0 Å². The van der Waals surface area contributed by atoms with E-state index in [0.29, 0.717) is 0 Å². The minimum absolute atomic E-state index is 0.199. The van der Waals surface area contributed by atoms with Gasteiger partial charge in [0, 0.05) is 12.6 Å². The molecular weight excluding hydrogens is 222 g/mol. The molecule has 0 saturated carbocycles. The van der Waals surface area contributed by atoms with Crippen LogP contribution in [0.25, 0.3) is 10.2 Å². The fraction of sp³-hybridized carbons (Fsp3) is 0.455. The summed E-state index contributed by atoms with van der Waals surface area (Å²) in [7, 11) is 0. The molecule has 0 fully saturated rings. The second kappa shape index (κ2) is 5.23. The topological polar surface area (TPSA) is 58.0 Å². The van der Waals surface area contributed by atoms with Crippen molar-refractivity contribution in [1.29, 1.82) is 0 Å². The van der Waals surface area contributed by atoms with Crippen molar-refractivity contribution in [2.75, 3.05) is 11.9 Å². The van der Waals surface area contributed by atoms with Crippen molar-refractivity contribution in [3.63, 3.8) is 0 Å². The molecule has 2 aromatic rings. The summed E-state index contributed by atoms with van der Waals surface area (Å²) in [5.41, 5.74) is 0.973. The molecule has 0 aliphatic rings. The van der Waals surface area contributed by atoms with E-state index in [1.165, 1.54) is 0 Å². The summed E-state index contributed by atoms with van der Waals surface area (Å²) in [6.07, 6.45) is 3.29. The Balaban J connectivity index is 2.22. The Morgan fingerprint density at radius 3 is 3.12 bits per heavy atom. The molecule has 2 rings (SSSR count). The van der Waals surface area contributed by atoms with Gasteiger partial charge in [0.2, 0.25) is 0 Å². The maximum atomic E-state index is 8.95. The van der Waals surface area contributed by atoms with Crippen LogP contribution in [0.2, 0.25) is 0 Å². The van der Waals surface area contributed by atoms with Gasteiger partial charge in [0.05, 0.1) is 10.2 Å². The molecule has 0 bridgehead atoms. The average Bonchev–Trinajstić information content (AvgIpc) is 2.77. The van der Waals surface area contributed by atoms with Crippen molar-refractivity contribution in [2.45, 2.75) is 25.8 Å². The highest BCUT2D eigenvalue weighted by Crippen LogP contribution is 2.25. The Morgan fingerprint density at radius 1 is 1.50 bits per heavy atom. The van der Waals surface area contributed by atoms with Crippen LogP contribution in [-0.4, -0.2) is 27.7 Å². The number of thiophene rings is 1. The molecule has 0 radical (unpaired) electrons. The van der Waals surface area contributed by atoms with Crippen molar-refractivity contribution < 1.29 is 5.11 Å². The summed E-state index contributed by atoms with van der Waals surface area (Å²) in [5, 5.41) is 14.3. The van der Waals surface area contributed by atoms with Crippen LogP contribution in [0.1, 0.15) is 19.8 Å². The minimum atomic E-state index is 0.199. The molecule has 2 heterocycles. The summed E-state index contributed by atoms with van der Waals surface area (Å²) in [5.74, 6) is 0.875. The molecule has 0 amide bonds. The van der Waals surface area contributed by atoms with E-state index in [2.05, 4.69) is 22.2 Å². The third-order valence-corrected chi connectivity index (χ3v) is 3.46. The molecule has 5 heteroatoms. The molecule has 16 heavy (non-hydrogen) atoms. The van der Waals surface area contributed by atoms with Gasteiger partial charge in [-0.15, -0.1) is 11.3 Å². The SMILES string of the molecule is CCC(CCO)Nc1ncnc2ccsc12. The smallest absolute Gasteiger partial charge is 0.147 e. The summed E-state index contributed by atoms with van der Waals surface area (Å²) in [4.78, 5) is 8.45. The van der Waals surface area contributed by atoms with Gasteiger partial charge in [-0.05, 0) is 24.3 Å². The Hall–Kier alpha value is -1.20. The summed E-state index contributed by atoms with van der Waals surface area (Å²) in [6, 6.07) is 2.25. The van der Waals surface area contributed by atoms with E-state index >= 15 is 0 Å². The Bertz CT molecular complexity index is 457. The van der Waals surface area contributed by atoms with Gasteiger partial charge in [0.1, 0.15) is 12.1 Å². The second-order valence-corrected chi connectivity index (χ2v) is 4.54. The van der Waals surface area contributed by atoms with Gasteiger partial charge < -0.3 is 10.4 Å². The first-order valence-corrected chi connectivity index (χ1v) is 6.28. The molecule has 0 aliphatic heterocycles. The van der Waals surface area contributed by atoms with Crippen molar-refractivity contribution in [3.05, 3.63) is 17.8 Å². The third-order valence-electron chi connectivity index (χ3n) is 2.55. The highest BCUT2D eigenvalue weighted by Gasteiger charge is 2.09. The number of nitrogens with one attached hydrogen (secondary N) is 1. The number of hydrogen-bond acceptors (Lipinski definition) is 5. The van der Waals surface area contributed by atoms with Gasteiger partial charge in [-0.25, -0.2) is 9.97 Å². The van der Waals surface area contributed by atoms with Crippen LogP contribution < -0.4 is 5.32 Å². The Labute approximate surface area is 98.4 Å². The quantitative estimate of drug-likeness (QED) is 0.837. The lowest BCUT2D eigenvalue weighted by atomic mass is 10.1. The second-order valence-electron chi connectivity index (χ2n) is 3.62. The normalized spacial score (nSPS) is 12.9. The fourth-order valence-electron chi connectivity index (χ4n) is 1.62. The standard InChI is InChI=1S/C11H15N3OS/c1-2-8(3-5-15)14-11-10-9(4-6-16-10)12-7-13-11/h4,6-8,15H,2-3,5H2,1H3,(H,12,13,14). The summed E-state index contributed by atoms with van der Waals surface area (Å²) >= 11 is 1.63. The molecule has 0 saturated heterocycles. The van der Waals surface area contributed by atoms with E-state index in [1.54, 1.807) is 17.7 Å². The monoisotopic (exact) mass is 237 g/mol. The van der Waals surface area contributed by atoms with E-state index in [-0.39, 0.29) is 12.6 Å². The first kappa shape index (κ1) is 11.3. The van der Waals surface area contributed by atoms with Gasteiger partial charge in [0.25, 0.3) is 0 Å². The van der Waals surface area contributed by atoms with E-state index in [0.717, 1.165) is 28.9 Å². The predicted molar refractivity (Wildman–Crippen MR) is 66.8 cm³/mol. The third kappa shape index (κ3) is 2.31.